The molecule has 2 rings (SSSR count). The van der Waals surface area contributed by atoms with E-state index in [1.54, 1.807) is 11.3 Å². The summed E-state index contributed by atoms with van der Waals surface area (Å²) in [6, 6.07) is 0. The lowest BCUT2D eigenvalue weighted by Gasteiger charge is -2.23. The van der Waals surface area contributed by atoms with Crippen molar-refractivity contribution in [1.29, 1.82) is 0 Å². The smallest absolute Gasteiger partial charge is 0.0929 e. The quantitative estimate of drug-likeness (QED) is 0.847. The summed E-state index contributed by atoms with van der Waals surface area (Å²) in [5.74, 6) is 0. The van der Waals surface area contributed by atoms with Crippen molar-refractivity contribution in [2.24, 2.45) is 0 Å². The number of rotatable bonds is 4. The number of ether oxygens (including phenoxy) is 1. The number of hydrogen-bond acceptors (Lipinski definition) is 4. The number of morpholine rings is 1. The summed E-state index contributed by atoms with van der Waals surface area (Å²) in [6.07, 6.45) is 3.56. The first-order valence-corrected chi connectivity index (χ1v) is 6.52. The molecule has 84 valence electrons. The van der Waals surface area contributed by atoms with E-state index in [1.807, 2.05) is 0 Å². The van der Waals surface area contributed by atoms with Gasteiger partial charge in [-0.3, -0.25) is 0 Å². The molecule has 1 unspecified atom stereocenters. The molecule has 0 aromatic carbocycles. The van der Waals surface area contributed by atoms with Crippen molar-refractivity contribution in [1.82, 2.24) is 10.3 Å². The van der Waals surface area contributed by atoms with Crippen LogP contribution in [-0.4, -0.2) is 30.8 Å². The summed E-state index contributed by atoms with van der Waals surface area (Å²) in [4.78, 5) is 4.56. The van der Waals surface area contributed by atoms with Crippen LogP contribution in [0.1, 0.15) is 24.0 Å². The third-order valence-electron chi connectivity index (χ3n) is 2.65. The summed E-state index contributed by atoms with van der Waals surface area (Å²) in [6.45, 7) is 4.98. The van der Waals surface area contributed by atoms with Crippen LogP contribution in [0.25, 0.3) is 0 Å². The highest BCUT2D eigenvalue weighted by Crippen LogP contribution is 2.14. The Kier molecular flexibility index (Phi) is 4.11. The standard InChI is InChI=1S/C11H18N2OS/c1-2-9-8-15-11(13-9)4-3-10-7-12-5-6-14-10/h8,10,12H,2-7H2,1H3. The van der Waals surface area contributed by atoms with Gasteiger partial charge in [0.15, 0.2) is 0 Å². The van der Waals surface area contributed by atoms with E-state index in [9.17, 15) is 0 Å². The topological polar surface area (TPSA) is 34.1 Å². The third kappa shape index (κ3) is 3.26. The van der Waals surface area contributed by atoms with E-state index < -0.39 is 0 Å². The fraction of sp³-hybridized carbons (Fsp3) is 0.727. The molecule has 1 aliphatic rings. The van der Waals surface area contributed by atoms with Crippen LogP contribution < -0.4 is 5.32 Å². The molecule has 0 spiro atoms. The maximum atomic E-state index is 5.65. The molecular formula is C11H18N2OS. The fourth-order valence-electron chi connectivity index (χ4n) is 1.72. The van der Waals surface area contributed by atoms with Crippen molar-refractivity contribution in [2.75, 3.05) is 19.7 Å². The Hall–Kier alpha value is -0.450. The van der Waals surface area contributed by atoms with E-state index in [0.717, 1.165) is 39.0 Å². The molecule has 1 aromatic heterocycles. The van der Waals surface area contributed by atoms with Crippen LogP contribution in [0.2, 0.25) is 0 Å². The molecule has 3 nitrogen and oxygen atoms in total. The Morgan fingerprint density at radius 3 is 3.27 bits per heavy atom. The molecule has 0 bridgehead atoms. The van der Waals surface area contributed by atoms with Crippen LogP contribution in [0.15, 0.2) is 5.38 Å². The molecule has 0 aliphatic carbocycles. The lowest BCUT2D eigenvalue weighted by atomic mass is 10.2. The first kappa shape index (κ1) is 11.0. The van der Waals surface area contributed by atoms with Crippen molar-refractivity contribution < 1.29 is 4.74 Å². The van der Waals surface area contributed by atoms with Crippen LogP contribution in [0.5, 0.6) is 0 Å². The number of aromatic nitrogens is 1. The van der Waals surface area contributed by atoms with Crippen molar-refractivity contribution in [3.05, 3.63) is 16.1 Å². The Balaban J connectivity index is 1.76. The number of nitrogens with zero attached hydrogens (tertiary/aromatic N) is 1. The van der Waals surface area contributed by atoms with E-state index >= 15 is 0 Å². The first-order chi connectivity index (χ1) is 7.38. The Morgan fingerprint density at radius 2 is 2.60 bits per heavy atom. The molecule has 1 aromatic rings. The van der Waals surface area contributed by atoms with E-state index in [2.05, 4.69) is 22.6 Å². The minimum Gasteiger partial charge on any atom is -0.376 e. The molecule has 1 N–H and O–H groups in total. The van der Waals surface area contributed by atoms with Crippen molar-refractivity contribution >= 4 is 11.3 Å². The molecule has 1 fully saturated rings. The Labute approximate surface area is 94.9 Å². The highest BCUT2D eigenvalue weighted by molar-refractivity contribution is 7.09. The van der Waals surface area contributed by atoms with Crippen LogP contribution in [0.3, 0.4) is 0 Å². The first-order valence-electron chi connectivity index (χ1n) is 5.64. The van der Waals surface area contributed by atoms with Gasteiger partial charge in [-0.05, 0) is 12.8 Å². The molecule has 0 radical (unpaired) electrons. The van der Waals surface area contributed by atoms with E-state index in [0.29, 0.717) is 6.10 Å². The van der Waals surface area contributed by atoms with E-state index in [1.165, 1.54) is 10.7 Å². The molecule has 0 saturated carbocycles. The second-order valence-corrected chi connectivity index (χ2v) is 4.76. The van der Waals surface area contributed by atoms with Gasteiger partial charge in [0.1, 0.15) is 0 Å². The second-order valence-electron chi connectivity index (χ2n) is 3.82. The van der Waals surface area contributed by atoms with Gasteiger partial charge in [-0.1, -0.05) is 6.92 Å². The fourth-order valence-corrected chi connectivity index (χ4v) is 2.61. The average Bonchev–Trinajstić information content (AvgIpc) is 2.76. The van der Waals surface area contributed by atoms with Crippen LogP contribution in [-0.2, 0) is 17.6 Å². The van der Waals surface area contributed by atoms with Crippen LogP contribution >= 0.6 is 11.3 Å². The molecule has 0 amide bonds. The third-order valence-corrected chi connectivity index (χ3v) is 3.60. The number of nitrogens with one attached hydrogen (secondary N) is 1. The Morgan fingerprint density at radius 1 is 1.67 bits per heavy atom. The summed E-state index contributed by atoms with van der Waals surface area (Å²) in [5, 5.41) is 6.76. The molecule has 1 saturated heterocycles. The van der Waals surface area contributed by atoms with Gasteiger partial charge < -0.3 is 10.1 Å². The van der Waals surface area contributed by atoms with Crippen LogP contribution in [0, 0.1) is 0 Å². The summed E-state index contributed by atoms with van der Waals surface area (Å²) in [5.41, 5.74) is 1.22. The van der Waals surface area contributed by atoms with E-state index in [-0.39, 0.29) is 0 Å². The van der Waals surface area contributed by atoms with Gasteiger partial charge in [0, 0.05) is 24.9 Å². The second kappa shape index (κ2) is 5.58. The highest BCUT2D eigenvalue weighted by atomic mass is 32.1. The van der Waals surface area contributed by atoms with Gasteiger partial charge in [0.2, 0.25) is 0 Å². The predicted molar refractivity (Wildman–Crippen MR) is 62.4 cm³/mol. The van der Waals surface area contributed by atoms with Gasteiger partial charge in [0.25, 0.3) is 0 Å². The van der Waals surface area contributed by atoms with Gasteiger partial charge in [-0.25, -0.2) is 4.98 Å². The predicted octanol–water partition coefficient (Wildman–Crippen LogP) is 1.63. The molecule has 1 atom stereocenters. The summed E-state index contributed by atoms with van der Waals surface area (Å²) < 4.78 is 5.65. The van der Waals surface area contributed by atoms with Gasteiger partial charge in [-0.15, -0.1) is 11.3 Å². The lowest BCUT2D eigenvalue weighted by molar-refractivity contribution is 0.0238. The zero-order valence-corrected chi connectivity index (χ0v) is 9.98. The zero-order chi connectivity index (χ0) is 10.5. The highest BCUT2D eigenvalue weighted by Gasteiger charge is 2.13. The summed E-state index contributed by atoms with van der Waals surface area (Å²) in [7, 11) is 0. The zero-order valence-electron chi connectivity index (χ0n) is 9.16. The normalized spacial score (nSPS) is 21.8. The van der Waals surface area contributed by atoms with Crippen molar-refractivity contribution in [2.45, 2.75) is 32.3 Å². The molecule has 4 heteroatoms. The average molecular weight is 226 g/mol. The molecule has 1 aliphatic heterocycles. The minimum atomic E-state index is 0.382. The maximum absolute atomic E-state index is 5.65. The monoisotopic (exact) mass is 226 g/mol. The van der Waals surface area contributed by atoms with Crippen LogP contribution in [0.4, 0.5) is 0 Å². The minimum absolute atomic E-state index is 0.382. The Bertz CT molecular complexity index is 295. The summed E-state index contributed by atoms with van der Waals surface area (Å²) >= 11 is 1.78. The SMILES string of the molecule is CCc1csc(CCC2CNCCO2)n1. The largest absolute Gasteiger partial charge is 0.376 e. The van der Waals surface area contributed by atoms with Crippen molar-refractivity contribution in [3.8, 4) is 0 Å². The lowest BCUT2D eigenvalue weighted by Crippen LogP contribution is -2.38. The number of aryl methyl sites for hydroxylation is 2. The van der Waals surface area contributed by atoms with Gasteiger partial charge >= 0.3 is 0 Å². The van der Waals surface area contributed by atoms with E-state index in [4.69, 9.17) is 4.74 Å². The molecule has 2 heterocycles. The maximum Gasteiger partial charge on any atom is 0.0929 e. The van der Waals surface area contributed by atoms with Gasteiger partial charge in [-0.2, -0.15) is 0 Å². The van der Waals surface area contributed by atoms with Crippen molar-refractivity contribution in [3.63, 3.8) is 0 Å². The number of hydrogen-bond donors (Lipinski definition) is 1. The number of thiazole rings is 1. The molecule has 15 heavy (non-hydrogen) atoms. The van der Waals surface area contributed by atoms with Gasteiger partial charge in [0.05, 0.1) is 23.4 Å². The molecular weight excluding hydrogens is 208 g/mol.